The van der Waals surface area contributed by atoms with Crippen LogP contribution in [0.15, 0.2) is 52.6 Å². The Labute approximate surface area is 172 Å². The van der Waals surface area contributed by atoms with Crippen molar-refractivity contribution in [1.29, 1.82) is 0 Å². The molecule has 150 valence electrons. The zero-order valence-electron chi connectivity index (χ0n) is 16.8. The van der Waals surface area contributed by atoms with Crippen LogP contribution in [0.25, 0.3) is 15.7 Å². The average molecular weight is 409 g/mol. The Morgan fingerprint density at radius 1 is 1.17 bits per heavy atom. The molecule has 3 aromatic heterocycles. The van der Waals surface area contributed by atoms with E-state index in [0.717, 1.165) is 23.1 Å². The molecule has 3 heterocycles. The lowest BCUT2D eigenvalue weighted by atomic mass is 10.1. The number of carbonyl (C=O) groups excluding carboxylic acids is 1. The molecule has 1 aromatic carbocycles. The largest absolute Gasteiger partial charge is 0.352 e. The number of hydrogen-bond donors (Lipinski definition) is 1. The van der Waals surface area contributed by atoms with Crippen molar-refractivity contribution in [3.63, 3.8) is 0 Å². The molecule has 4 aromatic rings. The molecule has 0 aliphatic rings. The molecule has 7 heteroatoms. The number of aryl methyl sites for hydroxylation is 2. The van der Waals surface area contributed by atoms with Gasteiger partial charge in [-0.25, -0.2) is 4.68 Å². The van der Waals surface area contributed by atoms with Gasteiger partial charge in [-0.3, -0.25) is 14.0 Å². The van der Waals surface area contributed by atoms with E-state index in [4.69, 9.17) is 0 Å². The highest BCUT2D eigenvalue weighted by molar-refractivity contribution is 7.17. The Kier molecular flexibility index (Phi) is 5.24. The molecule has 1 N–H and O–H groups in total. The number of amides is 1. The Bertz CT molecular complexity index is 1220. The third-order valence-corrected chi connectivity index (χ3v) is 6.12. The van der Waals surface area contributed by atoms with Crippen molar-refractivity contribution in [1.82, 2.24) is 19.5 Å². The van der Waals surface area contributed by atoms with Gasteiger partial charge in [0.2, 0.25) is 5.91 Å². The summed E-state index contributed by atoms with van der Waals surface area (Å²) in [6, 6.07) is 13.4. The highest BCUT2D eigenvalue weighted by Gasteiger charge is 2.22. The van der Waals surface area contributed by atoms with Crippen molar-refractivity contribution in [3.8, 4) is 0 Å². The second-order valence-electron chi connectivity index (χ2n) is 7.44. The first-order chi connectivity index (χ1) is 14.0. The number of thiophene rings is 1. The van der Waals surface area contributed by atoms with Crippen molar-refractivity contribution in [3.05, 3.63) is 69.6 Å². The summed E-state index contributed by atoms with van der Waals surface area (Å²) in [5, 5.41) is 9.45. The first-order valence-electron chi connectivity index (χ1n) is 9.78. The van der Waals surface area contributed by atoms with Crippen LogP contribution in [0.1, 0.15) is 37.7 Å². The van der Waals surface area contributed by atoms with Gasteiger partial charge in [0.25, 0.3) is 5.56 Å². The summed E-state index contributed by atoms with van der Waals surface area (Å²) in [5.74, 6) is 0.488. The van der Waals surface area contributed by atoms with Crippen molar-refractivity contribution in [2.45, 2.75) is 45.7 Å². The zero-order chi connectivity index (χ0) is 20.5. The molecule has 2 atom stereocenters. The van der Waals surface area contributed by atoms with Crippen LogP contribution >= 0.6 is 11.3 Å². The molecule has 0 fully saturated rings. The van der Waals surface area contributed by atoms with E-state index in [0.29, 0.717) is 11.3 Å². The minimum absolute atomic E-state index is 0.00400. The minimum atomic E-state index is -0.682. The lowest BCUT2D eigenvalue weighted by Gasteiger charge is -2.19. The molecule has 1 amide bonds. The van der Waals surface area contributed by atoms with Crippen molar-refractivity contribution >= 4 is 33.0 Å². The predicted molar refractivity (Wildman–Crippen MR) is 117 cm³/mol. The minimum Gasteiger partial charge on any atom is -0.352 e. The maximum absolute atomic E-state index is 13.0. The Morgan fingerprint density at radius 3 is 2.69 bits per heavy atom. The number of nitrogens with zero attached hydrogens (tertiary/aromatic N) is 3. The van der Waals surface area contributed by atoms with Crippen LogP contribution in [0.2, 0.25) is 0 Å². The summed E-state index contributed by atoms with van der Waals surface area (Å²) >= 11 is 1.59. The molecule has 29 heavy (non-hydrogen) atoms. The van der Waals surface area contributed by atoms with Crippen LogP contribution in [0.5, 0.6) is 0 Å². The summed E-state index contributed by atoms with van der Waals surface area (Å²) in [6.07, 6.45) is 1.72. The third-order valence-electron chi connectivity index (χ3n) is 5.27. The van der Waals surface area contributed by atoms with E-state index >= 15 is 0 Å². The maximum Gasteiger partial charge on any atom is 0.291 e. The molecule has 0 aliphatic carbocycles. The molecule has 0 spiro atoms. The quantitative estimate of drug-likeness (QED) is 0.529. The van der Waals surface area contributed by atoms with E-state index in [2.05, 4.69) is 22.5 Å². The number of benzene rings is 1. The van der Waals surface area contributed by atoms with Crippen LogP contribution in [-0.4, -0.2) is 26.1 Å². The van der Waals surface area contributed by atoms with Gasteiger partial charge in [0, 0.05) is 6.04 Å². The average Bonchev–Trinajstić information content (AvgIpc) is 3.31. The normalized spacial score (nSPS) is 13.6. The lowest BCUT2D eigenvalue weighted by Crippen LogP contribution is -2.41. The van der Waals surface area contributed by atoms with Crippen LogP contribution in [0, 0.1) is 6.92 Å². The highest BCUT2D eigenvalue weighted by Crippen LogP contribution is 2.24. The molecule has 0 radical (unpaired) electrons. The van der Waals surface area contributed by atoms with E-state index in [1.54, 1.807) is 18.3 Å². The fourth-order valence-corrected chi connectivity index (χ4v) is 4.44. The Balaban J connectivity index is 1.51. The number of rotatable bonds is 6. The number of carbonyl (C=O) groups is 1. The van der Waals surface area contributed by atoms with Gasteiger partial charge in [-0.2, -0.15) is 5.10 Å². The van der Waals surface area contributed by atoms with E-state index < -0.39 is 6.04 Å². The van der Waals surface area contributed by atoms with Gasteiger partial charge in [-0.1, -0.05) is 30.3 Å². The second kappa shape index (κ2) is 7.83. The van der Waals surface area contributed by atoms with Crippen molar-refractivity contribution in [2.24, 2.45) is 0 Å². The van der Waals surface area contributed by atoms with Gasteiger partial charge in [-0.15, -0.1) is 11.3 Å². The number of nitrogens with one attached hydrogen (secondary N) is 1. The molecule has 0 saturated heterocycles. The zero-order valence-corrected chi connectivity index (χ0v) is 17.6. The fraction of sp³-hybridized carbons (Fsp3) is 0.318. The van der Waals surface area contributed by atoms with Crippen LogP contribution in [-0.2, 0) is 11.2 Å². The van der Waals surface area contributed by atoms with Gasteiger partial charge in [0.1, 0.15) is 17.4 Å². The van der Waals surface area contributed by atoms with Gasteiger partial charge in [-0.05, 0) is 56.7 Å². The Hall–Kier alpha value is -2.93. The molecule has 0 saturated carbocycles. The van der Waals surface area contributed by atoms with Crippen LogP contribution in [0.3, 0.4) is 0 Å². The third kappa shape index (κ3) is 3.70. The topological polar surface area (TPSA) is 68.4 Å². The van der Waals surface area contributed by atoms with Gasteiger partial charge in [0.15, 0.2) is 0 Å². The SMILES string of the molecule is Cc1nn([C@H](C)C(=O)N[C@@H](C)CCc2ccccc2)c(=O)c2cc3sccc3n12. The summed E-state index contributed by atoms with van der Waals surface area (Å²) in [5.41, 5.74) is 2.52. The summed E-state index contributed by atoms with van der Waals surface area (Å²) in [7, 11) is 0. The summed E-state index contributed by atoms with van der Waals surface area (Å²) in [4.78, 5) is 25.8. The van der Waals surface area contributed by atoms with E-state index in [9.17, 15) is 9.59 Å². The standard InChI is InChI=1S/C22H24N4O2S/c1-14(9-10-17-7-5-4-6-8-17)23-21(27)15(2)26-22(28)19-13-20-18(11-12-29-20)25(19)16(3)24-26/h4-8,11-15H,9-10H2,1-3H3,(H,23,27)/t14-,15+/m0/s1. The lowest BCUT2D eigenvalue weighted by molar-refractivity contribution is -0.124. The van der Waals surface area contributed by atoms with Gasteiger partial charge < -0.3 is 5.32 Å². The molecular formula is C22H24N4O2S. The second-order valence-corrected chi connectivity index (χ2v) is 8.39. The summed E-state index contributed by atoms with van der Waals surface area (Å²) < 4.78 is 4.20. The molecule has 0 aliphatic heterocycles. The van der Waals surface area contributed by atoms with Crippen LogP contribution < -0.4 is 10.9 Å². The monoisotopic (exact) mass is 408 g/mol. The smallest absolute Gasteiger partial charge is 0.291 e. The number of fused-ring (bicyclic) bond motifs is 3. The van der Waals surface area contributed by atoms with E-state index in [1.165, 1.54) is 10.2 Å². The van der Waals surface area contributed by atoms with Gasteiger partial charge >= 0.3 is 0 Å². The highest BCUT2D eigenvalue weighted by atomic mass is 32.1. The fourth-order valence-electron chi connectivity index (χ4n) is 3.63. The van der Waals surface area contributed by atoms with E-state index in [1.807, 2.05) is 54.0 Å². The van der Waals surface area contributed by atoms with Gasteiger partial charge in [0.05, 0.1) is 10.2 Å². The molecule has 4 rings (SSSR count). The molecule has 0 bridgehead atoms. The first-order valence-corrected chi connectivity index (χ1v) is 10.7. The number of aromatic nitrogens is 3. The molecule has 6 nitrogen and oxygen atoms in total. The number of hydrogen-bond acceptors (Lipinski definition) is 4. The summed E-state index contributed by atoms with van der Waals surface area (Å²) in [6.45, 7) is 5.56. The van der Waals surface area contributed by atoms with Crippen LogP contribution in [0.4, 0.5) is 0 Å². The maximum atomic E-state index is 13.0. The first kappa shape index (κ1) is 19.4. The molecule has 0 unspecified atom stereocenters. The van der Waals surface area contributed by atoms with E-state index in [-0.39, 0.29) is 17.5 Å². The predicted octanol–water partition coefficient (Wildman–Crippen LogP) is 3.72. The Morgan fingerprint density at radius 2 is 1.93 bits per heavy atom. The van der Waals surface area contributed by atoms with Crippen molar-refractivity contribution in [2.75, 3.05) is 0 Å². The van der Waals surface area contributed by atoms with Crippen molar-refractivity contribution < 1.29 is 4.79 Å². The molecular weight excluding hydrogens is 384 g/mol.